The summed E-state index contributed by atoms with van der Waals surface area (Å²) in [5, 5.41) is 5.54. The maximum Gasteiger partial charge on any atom is 0.251 e. The van der Waals surface area contributed by atoms with Gasteiger partial charge < -0.3 is 16.4 Å². The standard InChI is InChI=1S/C15H23N3O2/c1-9(2)13(16)15(20)18-12-7-5-11(6-8-12)14(19)17-10(3)4/h5-10,13H,16H2,1-4H3,(H,17,19)(H,18,20)/t13-/m0/s1. The first-order valence-electron chi connectivity index (χ1n) is 6.78. The molecule has 0 radical (unpaired) electrons. The van der Waals surface area contributed by atoms with Gasteiger partial charge in [0, 0.05) is 17.3 Å². The van der Waals surface area contributed by atoms with Crippen LogP contribution in [0.15, 0.2) is 24.3 Å². The Hall–Kier alpha value is -1.88. The van der Waals surface area contributed by atoms with Crippen LogP contribution in [-0.2, 0) is 4.79 Å². The van der Waals surface area contributed by atoms with Crippen molar-refractivity contribution >= 4 is 17.5 Å². The summed E-state index contributed by atoms with van der Waals surface area (Å²) in [5.74, 6) is -0.276. The number of hydrogen-bond acceptors (Lipinski definition) is 3. The van der Waals surface area contributed by atoms with E-state index in [0.717, 1.165) is 0 Å². The van der Waals surface area contributed by atoms with Crippen LogP contribution in [-0.4, -0.2) is 23.9 Å². The number of carbonyl (C=O) groups excluding carboxylic acids is 2. The van der Waals surface area contributed by atoms with E-state index in [0.29, 0.717) is 11.3 Å². The third-order valence-corrected chi connectivity index (χ3v) is 2.86. The molecule has 0 unspecified atom stereocenters. The zero-order valence-corrected chi connectivity index (χ0v) is 12.4. The molecule has 0 aliphatic carbocycles. The van der Waals surface area contributed by atoms with Gasteiger partial charge in [-0.3, -0.25) is 9.59 Å². The van der Waals surface area contributed by atoms with E-state index in [1.54, 1.807) is 24.3 Å². The molecule has 1 rings (SSSR count). The maximum atomic E-state index is 11.8. The summed E-state index contributed by atoms with van der Waals surface area (Å²) in [4.78, 5) is 23.6. The molecule has 110 valence electrons. The molecule has 5 nitrogen and oxygen atoms in total. The summed E-state index contributed by atoms with van der Waals surface area (Å²) in [6, 6.07) is 6.29. The molecule has 20 heavy (non-hydrogen) atoms. The number of hydrogen-bond donors (Lipinski definition) is 3. The van der Waals surface area contributed by atoms with Crippen LogP contribution in [0.25, 0.3) is 0 Å². The van der Waals surface area contributed by atoms with Gasteiger partial charge in [0.15, 0.2) is 0 Å². The van der Waals surface area contributed by atoms with E-state index in [1.165, 1.54) is 0 Å². The first kappa shape index (κ1) is 16.2. The second-order valence-corrected chi connectivity index (χ2v) is 5.46. The lowest BCUT2D eigenvalue weighted by molar-refractivity contribution is -0.118. The Balaban J connectivity index is 2.67. The number of rotatable bonds is 5. The first-order valence-corrected chi connectivity index (χ1v) is 6.78. The van der Waals surface area contributed by atoms with E-state index < -0.39 is 6.04 Å². The Labute approximate surface area is 119 Å². The van der Waals surface area contributed by atoms with Gasteiger partial charge in [-0.15, -0.1) is 0 Å². The molecule has 0 fully saturated rings. The lowest BCUT2D eigenvalue weighted by atomic mass is 10.0. The summed E-state index contributed by atoms with van der Waals surface area (Å²) >= 11 is 0. The highest BCUT2D eigenvalue weighted by Crippen LogP contribution is 2.11. The van der Waals surface area contributed by atoms with Crippen LogP contribution in [0, 0.1) is 5.92 Å². The highest BCUT2D eigenvalue weighted by Gasteiger charge is 2.17. The van der Waals surface area contributed by atoms with E-state index in [-0.39, 0.29) is 23.8 Å². The smallest absolute Gasteiger partial charge is 0.251 e. The minimum Gasteiger partial charge on any atom is -0.350 e. The predicted molar refractivity (Wildman–Crippen MR) is 80.5 cm³/mol. The fourth-order valence-electron chi connectivity index (χ4n) is 1.58. The second-order valence-electron chi connectivity index (χ2n) is 5.46. The molecule has 0 aromatic heterocycles. The average molecular weight is 277 g/mol. The van der Waals surface area contributed by atoms with Crippen LogP contribution >= 0.6 is 0 Å². The van der Waals surface area contributed by atoms with Crippen molar-refractivity contribution in [3.8, 4) is 0 Å². The number of nitrogens with two attached hydrogens (primary N) is 1. The molecule has 1 aromatic rings. The van der Waals surface area contributed by atoms with Crippen LogP contribution in [0.5, 0.6) is 0 Å². The van der Waals surface area contributed by atoms with Gasteiger partial charge in [-0.25, -0.2) is 0 Å². The number of carbonyl (C=O) groups is 2. The second kappa shape index (κ2) is 7.05. The largest absolute Gasteiger partial charge is 0.350 e. The average Bonchev–Trinajstić information content (AvgIpc) is 2.37. The molecule has 0 heterocycles. The molecular formula is C15H23N3O2. The summed E-state index contributed by atoms with van der Waals surface area (Å²) in [6.07, 6.45) is 0. The van der Waals surface area contributed by atoms with Crippen molar-refractivity contribution in [3.63, 3.8) is 0 Å². The van der Waals surface area contributed by atoms with Gasteiger partial charge in [0.25, 0.3) is 5.91 Å². The van der Waals surface area contributed by atoms with E-state index in [9.17, 15) is 9.59 Å². The zero-order chi connectivity index (χ0) is 15.3. The summed E-state index contributed by atoms with van der Waals surface area (Å²) in [6.45, 7) is 7.59. The van der Waals surface area contributed by atoms with Gasteiger partial charge in [0.2, 0.25) is 5.91 Å². The zero-order valence-electron chi connectivity index (χ0n) is 12.4. The van der Waals surface area contributed by atoms with E-state index >= 15 is 0 Å². The Bertz CT molecular complexity index is 467. The van der Waals surface area contributed by atoms with Gasteiger partial charge in [-0.05, 0) is 44.0 Å². The quantitative estimate of drug-likeness (QED) is 0.766. The van der Waals surface area contributed by atoms with Crippen molar-refractivity contribution in [1.82, 2.24) is 5.32 Å². The fraction of sp³-hybridized carbons (Fsp3) is 0.467. The molecule has 5 heteroatoms. The van der Waals surface area contributed by atoms with E-state index in [2.05, 4.69) is 10.6 Å². The Morgan fingerprint density at radius 3 is 2.05 bits per heavy atom. The molecule has 1 atom stereocenters. The molecule has 2 amide bonds. The topological polar surface area (TPSA) is 84.2 Å². The third kappa shape index (κ3) is 4.66. The van der Waals surface area contributed by atoms with E-state index in [4.69, 9.17) is 5.73 Å². The monoisotopic (exact) mass is 277 g/mol. The molecule has 1 aromatic carbocycles. The lowest BCUT2D eigenvalue weighted by Crippen LogP contribution is -2.39. The molecule has 0 spiro atoms. The lowest BCUT2D eigenvalue weighted by Gasteiger charge is -2.15. The van der Waals surface area contributed by atoms with Crippen LogP contribution in [0.2, 0.25) is 0 Å². The highest BCUT2D eigenvalue weighted by molar-refractivity contribution is 5.97. The molecule has 0 bridgehead atoms. The van der Waals surface area contributed by atoms with Gasteiger partial charge in [-0.2, -0.15) is 0 Å². The number of benzene rings is 1. The molecule has 0 aliphatic rings. The number of anilines is 1. The summed E-state index contributed by atoms with van der Waals surface area (Å²) < 4.78 is 0. The summed E-state index contributed by atoms with van der Waals surface area (Å²) in [7, 11) is 0. The number of nitrogens with one attached hydrogen (secondary N) is 2. The molecule has 0 saturated carbocycles. The van der Waals surface area contributed by atoms with Gasteiger partial charge >= 0.3 is 0 Å². The van der Waals surface area contributed by atoms with Gasteiger partial charge in [0.1, 0.15) is 0 Å². The van der Waals surface area contributed by atoms with Crippen molar-refractivity contribution in [2.75, 3.05) is 5.32 Å². The highest BCUT2D eigenvalue weighted by atomic mass is 16.2. The minimum absolute atomic E-state index is 0.0751. The minimum atomic E-state index is -0.543. The van der Waals surface area contributed by atoms with Crippen LogP contribution in [0.1, 0.15) is 38.1 Å². The molecule has 0 aliphatic heterocycles. The van der Waals surface area contributed by atoms with Crippen molar-refractivity contribution in [2.45, 2.75) is 39.8 Å². The van der Waals surface area contributed by atoms with E-state index in [1.807, 2.05) is 27.7 Å². The van der Waals surface area contributed by atoms with Crippen LogP contribution < -0.4 is 16.4 Å². The van der Waals surface area contributed by atoms with Crippen LogP contribution in [0.3, 0.4) is 0 Å². The summed E-state index contributed by atoms with van der Waals surface area (Å²) in [5.41, 5.74) is 6.96. The van der Waals surface area contributed by atoms with Crippen molar-refractivity contribution in [1.29, 1.82) is 0 Å². The molecular weight excluding hydrogens is 254 g/mol. The normalized spacial score (nSPS) is 12.3. The fourth-order valence-corrected chi connectivity index (χ4v) is 1.58. The van der Waals surface area contributed by atoms with Crippen LogP contribution in [0.4, 0.5) is 5.69 Å². The van der Waals surface area contributed by atoms with Crippen molar-refractivity contribution in [3.05, 3.63) is 29.8 Å². The Morgan fingerprint density at radius 2 is 1.60 bits per heavy atom. The van der Waals surface area contributed by atoms with Crippen molar-refractivity contribution in [2.24, 2.45) is 11.7 Å². The Morgan fingerprint density at radius 1 is 1.05 bits per heavy atom. The molecule has 4 N–H and O–H groups in total. The van der Waals surface area contributed by atoms with Gasteiger partial charge in [-0.1, -0.05) is 13.8 Å². The number of amides is 2. The first-order chi connectivity index (χ1) is 9.31. The SMILES string of the molecule is CC(C)NC(=O)c1ccc(NC(=O)[C@@H](N)C(C)C)cc1. The molecule has 0 saturated heterocycles. The maximum absolute atomic E-state index is 11.8. The third-order valence-electron chi connectivity index (χ3n) is 2.86. The Kier molecular flexibility index (Phi) is 5.70. The van der Waals surface area contributed by atoms with Crippen molar-refractivity contribution < 1.29 is 9.59 Å². The van der Waals surface area contributed by atoms with Gasteiger partial charge in [0.05, 0.1) is 6.04 Å². The predicted octanol–water partition coefficient (Wildman–Crippen LogP) is 1.75.